The number of hydrogen-bond donors (Lipinski definition) is 0. The SMILES string of the molecule is Clc1cc(N2C3CCC2CC3)ccn1. The summed E-state index contributed by atoms with van der Waals surface area (Å²) in [5.41, 5.74) is 1.26. The van der Waals surface area contributed by atoms with E-state index in [-0.39, 0.29) is 0 Å². The third-order valence-electron chi connectivity index (χ3n) is 3.46. The van der Waals surface area contributed by atoms with Crippen LogP contribution in [0, 0.1) is 0 Å². The molecule has 0 unspecified atom stereocenters. The fraction of sp³-hybridized carbons (Fsp3) is 0.545. The molecule has 2 fully saturated rings. The van der Waals surface area contributed by atoms with Crippen molar-refractivity contribution in [2.75, 3.05) is 4.90 Å². The Bertz CT molecular complexity index is 333. The van der Waals surface area contributed by atoms with Crippen LogP contribution in [0.4, 0.5) is 5.69 Å². The molecule has 0 aromatic carbocycles. The van der Waals surface area contributed by atoms with Gasteiger partial charge in [0.05, 0.1) is 0 Å². The Hall–Kier alpha value is -0.760. The number of nitrogens with zero attached hydrogens (tertiary/aromatic N) is 2. The maximum absolute atomic E-state index is 5.90. The van der Waals surface area contributed by atoms with E-state index in [4.69, 9.17) is 11.6 Å². The molecule has 0 saturated carbocycles. The van der Waals surface area contributed by atoms with Gasteiger partial charge in [0.2, 0.25) is 0 Å². The molecule has 0 aliphatic carbocycles. The Balaban J connectivity index is 1.95. The van der Waals surface area contributed by atoms with Gasteiger partial charge in [-0.05, 0) is 37.8 Å². The average molecular weight is 209 g/mol. The van der Waals surface area contributed by atoms with Gasteiger partial charge in [0, 0.05) is 24.0 Å². The highest BCUT2D eigenvalue weighted by Gasteiger charge is 2.39. The second-order valence-electron chi connectivity index (χ2n) is 4.21. The van der Waals surface area contributed by atoms with Crippen molar-refractivity contribution in [1.82, 2.24) is 4.98 Å². The molecule has 2 nitrogen and oxygen atoms in total. The quantitative estimate of drug-likeness (QED) is 0.660. The highest BCUT2D eigenvalue weighted by atomic mass is 35.5. The van der Waals surface area contributed by atoms with Gasteiger partial charge >= 0.3 is 0 Å². The van der Waals surface area contributed by atoms with Crippen LogP contribution in [0.5, 0.6) is 0 Å². The largest absolute Gasteiger partial charge is 0.365 e. The van der Waals surface area contributed by atoms with Crippen LogP contribution >= 0.6 is 11.6 Å². The van der Waals surface area contributed by atoms with E-state index in [0.29, 0.717) is 5.15 Å². The summed E-state index contributed by atoms with van der Waals surface area (Å²) in [4.78, 5) is 6.56. The van der Waals surface area contributed by atoms with E-state index in [1.54, 1.807) is 6.20 Å². The second-order valence-corrected chi connectivity index (χ2v) is 4.59. The molecular formula is C11H13ClN2. The van der Waals surface area contributed by atoms with Crippen LogP contribution in [-0.4, -0.2) is 17.1 Å². The van der Waals surface area contributed by atoms with Crippen molar-refractivity contribution >= 4 is 17.3 Å². The van der Waals surface area contributed by atoms with Crippen LogP contribution < -0.4 is 4.90 Å². The molecule has 2 saturated heterocycles. The lowest BCUT2D eigenvalue weighted by Gasteiger charge is -2.24. The number of fused-ring (bicyclic) bond motifs is 2. The zero-order valence-corrected chi connectivity index (χ0v) is 8.74. The standard InChI is InChI=1S/C11H13ClN2/c12-11-7-10(5-6-13-11)14-8-1-2-9(14)4-3-8/h5-9H,1-4H2. The minimum Gasteiger partial charge on any atom is -0.365 e. The number of hydrogen-bond acceptors (Lipinski definition) is 2. The minimum atomic E-state index is 0.605. The van der Waals surface area contributed by atoms with Crippen molar-refractivity contribution in [1.29, 1.82) is 0 Å². The number of halogens is 1. The summed E-state index contributed by atoms with van der Waals surface area (Å²) in [6.07, 6.45) is 7.21. The molecule has 74 valence electrons. The summed E-state index contributed by atoms with van der Waals surface area (Å²) in [5.74, 6) is 0. The van der Waals surface area contributed by atoms with Gasteiger partial charge in [-0.2, -0.15) is 0 Å². The summed E-state index contributed by atoms with van der Waals surface area (Å²) in [7, 11) is 0. The summed E-state index contributed by atoms with van der Waals surface area (Å²) < 4.78 is 0. The van der Waals surface area contributed by atoms with Crippen LogP contribution in [0.15, 0.2) is 18.3 Å². The summed E-state index contributed by atoms with van der Waals surface area (Å²) in [6.45, 7) is 0. The fourth-order valence-electron chi connectivity index (χ4n) is 2.89. The summed E-state index contributed by atoms with van der Waals surface area (Å²) >= 11 is 5.90. The number of aromatic nitrogens is 1. The topological polar surface area (TPSA) is 16.1 Å². The van der Waals surface area contributed by atoms with Crippen LogP contribution in [0.3, 0.4) is 0 Å². The maximum atomic E-state index is 5.90. The van der Waals surface area contributed by atoms with E-state index < -0.39 is 0 Å². The molecule has 0 N–H and O–H groups in total. The van der Waals surface area contributed by atoms with E-state index in [2.05, 4.69) is 16.0 Å². The molecule has 0 spiro atoms. The molecule has 2 aliphatic heterocycles. The van der Waals surface area contributed by atoms with E-state index in [0.717, 1.165) is 12.1 Å². The molecule has 1 aromatic heterocycles. The van der Waals surface area contributed by atoms with Crippen molar-refractivity contribution in [2.24, 2.45) is 0 Å². The highest BCUT2D eigenvalue weighted by molar-refractivity contribution is 6.29. The van der Waals surface area contributed by atoms with Gasteiger partial charge in [-0.25, -0.2) is 4.98 Å². The minimum absolute atomic E-state index is 0.605. The molecule has 0 atom stereocenters. The van der Waals surface area contributed by atoms with Crippen molar-refractivity contribution in [2.45, 2.75) is 37.8 Å². The molecular weight excluding hydrogens is 196 g/mol. The molecule has 3 rings (SSSR count). The molecule has 2 bridgehead atoms. The first-order valence-corrected chi connectivity index (χ1v) is 5.62. The van der Waals surface area contributed by atoms with Crippen molar-refractivity contribution in [3.05, 3.63) is 23.5 Å². The molecule has 2 aliphatic rings. The predicted octanol–water partition coefficient (Wildman–Crippen LogP) is 2.87. The Morgan fingerprint density at radius 1 is 1.21 bits per heavy atom. The van der Waals surface area contributed by atoms with Crippen LogP contribution in [0.1, 0.15) is 25.7 Å². The lowest BCUT2D eigenvalue weighted by molar-refractivity contribution is 0.576. The molecule has 14 heavy (non-hydrogen) atoms. The molecule has 3 heteroatoms. The molecule has 1 aromatic rings. The van der Waals surface area contributed by atoms with E-state index in [9.17, 15) is 0 Å². The first-order valence-electron chi connectivity index (χ1n) is 5.24. The van der Waals surface area contributed by atoms with Crippen molar-refractivity contribution in [3.63, 3.8) is 0 Å². The van der Waals surface area contributed by atoms with Crippen LogP contribution in [-0.2, 0) is 0 Å². The number of anilines is 1. The van der Waals surface area contributed by atoms with Crippen molar-refractivity contribution in [3.8, 4) is 0 Å². The first kappa shape index (κ1) is 8.54. The predicted molar refractivity (Wildman–Crippen MR) is 57.8 cm³/mol. The zero-order valence-electron chi connectivity index (χ0n) is 7.99. The Kier molecular flexibility index (Phi) is 1.91. The monoisotopic (exact) mass is 208 g/mol. The number of rotatable bonds is 1. The third-order valence-corrected chi connectivity index (χ3v) is 3.67. The average Bonchev–Trinajstić information content (AvgIpc) is 2.76. The zero-order chi connectivity index (χ0) is 9.54. The summed E-state index contributed by atoms with van der Waals surface area (Å²) in [6, 6.07) is 5.58. The van der Waals surface area contributed by atoms with Crippen LogP contribution in [0.25, 0.3) is 0 Å². The number of pyridine rings is 1. The normalized spacial score (nSPS) is 29.9. The Labute approximate surface area is 88.9 Å². The highest BCUT2D eigenvalue weighted by Crippen LogP contribution is 2.40. The smallest absolute Gasteiger partial charge is 0.131 e. The van der Waals surface area contributed by atoms with Gasteiger partial charge < -0.3 is 4.90 Å². The van der Waals surface area contributed by atoms with Crippen molar-refractivity contribution < 1.29 is 0 Å². The Morgan fingerprint density at radius 2 is 1.86 bits per heavy atom. The van der Waals surface area contributed by atoms with E-state index in [1.807, 2.05) is 6.07 Å². The van der Waals surface area contributed by atoms with Gasteiger partial charge in [-0.3, -0.25) is 0 Å². The third kappa shape index (κ3) is 1.21. The van der Waals surface area contributed by atoms with Gasteiger partial charge in [-0.1, -0.05) is 11.6 Å². The van der Waals surface area contributed by atoms with Gasteiger partial charge in [0.25, 0.3) is 0 Å². The lowest BCUT2D eigenvalue weighted by atomic mass is 10.0. The van der Waals surface area contributed by atoms with Crippen LogP contribution in [0.2, 0.25) is 5.15 Å². The second kappa shape index (κ2) is 3.13. The van der Waals surface area contributed by atoms with Gasteiger partial charge in [0.1, 0.15) is 5.15 Å². The Morgan fingerprint density at radius 3 is 2.43 bits per heavy atom. The fourth-order valence-corrected chi connectivity index (χ4v) is 3.06. The molecule has 0 amide bonds. The maximum Gasteiger partial charge on any atom is 0.131 e. The summed E-state index contributed by atoms with van der Waals surface area (Å²) in [5, 5.41) is 0.605. The lowest BCUT2D eigenvalue weighted by Crippen LogP contribution is -2.27. The van der Waals surface area contributed by atoms with E-state index in [1.165, 1.54) is 31.4 Å². The van der Waals surface area contributed by atoms with E-state index >= 15 is 0 Å². The van der Waals surface area contributed by atoms with Gasteiger partial charge in [-0.15, -0.1) is 0 Å². The van der Waals surface area contributed by atoms with Gasteiger partial charge in [0.15, 0.2) is 0 Å². The molecule has 3 heterocycles. The molecule has 0 radical (unpaired) electrons. The first-order chi connectivity index (χ1) is 6.84.